The minimum Gasteiger partial charge on any atom is -0.508 e. The Labute approximate surface area is 164 Å². The van der Waals surface area contributed by atoms with Crippen molar-refractivity contribution in [3.63, 3.8) is 0 Å². The van der Waals surface area contributed by atoms with Crippen molar-refractivity contribution < 1.29 is 24.0 Å². The summed E-state index contributed by atoms with van der Waals surface area (Å²) in [4.78, 5) is 34.3. The van der Waals surface area contributed by atoms with Gasteiger partial charge < -0.3 is 14.3 Å². The van der Waals surface area contributed by atoms with E-state index < -0.39 is 16.5 Å². The zero-order valence-electron chi connectivity index (χ0n) is 15.5. The first-order valence-corrected chi connectivity index (χ1v) is 8.76. The minimum atomic E-state index is -0.723. The predicted octanol–water partition coefficient (Wildman–Crippen LogP) is 3.73. The van der Waals surface area contributed by atoms with Crippen LogP contribution < -0.4 is 5.63 Å². The van der Waals surface area contributed by atoms with Crippen LogP contribution in [0.4, 0.5) is 5.69 Å². The molecule has 0 spiro atoms. The number of nitro groups is 1. The van der Waals surface area contributed by atoms with Crippen LogP contribution in [0.25, 0.3) is 17.0 Å². The molecule has 8 heteroatoms. The van der Waals surface area contributed by atoms with Crippen LogP contribution in [0, 0.1) is 10.1 Å². The van der Waals surface area contributed by atoms with E-state index in [-0.39, 0.29) is 29.2 Å². The van der Waals surface area contributed by atoms with E-state index in [0.717, 1.165) is 6.08 Å². The molecule has 0 radical (unpaired) electrons. The lowest BCUT2D eigenvalue weighted by Gasteiger charge is -2.08. The number of hydrogen-bond donors (Lipinski definition) is 1. The normalized spacial score (nSPS) is 11.1. The Kier molecular flexibility index (Phi) is 5.73. The van der Waals surface area contributed by atoms with Gasteiger partial charge in [0.15, 0.2) is 0 Å². The van der Waals surface area contributed by atoms with Gasteiger partial charge in [-0.1, -0.05) is 19.1 Å². The molecule has 29 heavy (non-hydrogen) atoms. The van der Waals surface area contributed by atoms with Gasteiger partial charge in [0.25, 0.3) is 5.69 Å². The topological polar surface area (TPSA) is 120 Å². The Hall–Kier alpha value is -3.94. The van der Waals surface area contributed by atoms with Crippen LogP contribution in [0.15, 0.2) is 57.8 Å². The zero-order chi connectivity index (χ0) is 21.0. The van der Waals surface area contributed by atoms with Crippen molar-refractivity contribution in [1.29, 1.82) is 0 Å². The third-order valence-electron chi connectivity index (χ3n) is 4.31. The lowest BCUT2D eigenvalue weighted by Crippen LogP contribution is -2.06. The van der Waals surface area contributed by atoms with E-state index in [4.69, 9.17) is 9.15 Å². The van der Waals surface area contributed by atoms with Crippen LogP contribution in [-0.4, -0.2) is 16.0 Å². The molecule has 0 saturated heterocycles. The van der Waals surface area contributed by atoms with Gasteiger partial charge in [0.2, 0.25) is 0 Å². The van der Waals surface area contributed by atoms with Gasteiger partial charge in [-0.15, -0.1) is 0 Å². The summed E-state index contributed by atoms with van der Waals surface area (Å²) in [5.41, 5.74) is 0.781. The first-order chi connectivity index (χ1) is 13.9. The van der Waals surface area contributed by atoms with Crippen LogP contribution in [0.2, 0.25) is 0 Å². The molecule has 0 fully saturated rings. The molecule has 0 amide bonds. The van der Waals surface area contributed by atoms with E-state index in [1.54, 1.807) is 12.1 Å². The second kappa shape index (κ2) is 8.39. The van der Waals surface area contributed by atoms with Crippen molar-refractivity contribution in [2.24, 2.45) is 0 Å². The molecule has 2 aromatic carbocycles. The highest BCUT2D eigenvalue weighted by molar-refractivity contribution is 5.88. The Bertz CT molecular complexity index is 1180. The van der Waals surface area contributed by atoms with E-state index in [9.17, 15) is 24.8 Å². The number of hydrogen-bond acceptors (Lipinski definition) is 7. The average molecular weight is 395 g/mol. The third-order valence-corrected chi connectivity index (χ3v) is 4.31. The van der Waals surface area contributed by atoms with Crippen molar-refractivity contribution in [3.05, 3.63) is 85.8 Å². The number of aryl methyl sites for hydroxylation is 1. The maximum atomic E-state index is 12.0. The molecule has 3 aromatic rings. The maximum absolute atomic E-state index is 12.0. The Balaban J connectivity index is 1.81. The Morgan fingerprint density at radius 3 is 2.72 bits per heavy atom. The molecule has 0 unspecified atom stereocenters. The van der Waals surface area contributed by atoms with Gasteiger partial charge in [0.05, 0.1) is 10.5 Å². The average Bonchev–Trinajstić information content (AvgIpc) is 2.69. The summed E-state index contributed by atoms with van der Waals surface area (Å²) in [6, 6.07) is 10.3. The van der Waals surface area contributed by atoms with E-state index in [0.29, 0.717) is 22.9 Å². The molecule has 0 bridgehead atoms. The number of rotatable bonds is 6. The van der Waals surface area contributed by atoms with Crippen molar-refractivity contribution in [1.82, 2.24) is 0 Å². The number of esters is 1. The molecule has 0 saturated carbocycles. The number of para-hydroxylation sites is 1. The molecule has 148 valence electrons. The van der Waals surface area contributed by atoms with Crippen molar-refractivity contribution >= 4 is 28.7 Å². The van der Waals surface area contributed by atoms with Gasteiger partial charge >= 0.3 is 11.6 Å². The number of phenols is 1. The van der Waals surface area contributed by atoms with E-state index in [2.05, 4.69) is 0 Å². The summed E-state index contributed by atoms with van der Waals surface area (Å²) in [7, 11) is 0. The summed E-state index contributed by atoms with van der Waals surface area (Å²) in [6.07, 6.45) is 2.95. The summed E-state index contributed by atoms with van der Waals surface area (Å²) >= 11 is 0. The van der Waals surface area contributed by atoms with Gasteiger partial charge in [-0.2, -0.15) is 0 Å². The SMILES string of the molecule is CCc1cc2c(COC(=O)C=Cc3ccccc3[N+](=O)[O-])cc(=O)oc2cc1O. The van der Waals surface area contributed by atoms with Crippen LogP contribution in [0.5, 0.6) is 5.75 Å². The highest BCUT2D eigenvalue weighted by Crippen LogP contribution is 2.27. The molecule has 8 nitrogen and oxygen atoms in total. The van der Waals surface area contributed by atoms with Crippen molar-refractivity contribution in [3.8, 4) is 5.75 Å². The molecule has 0 atom stereocenters. The van der Waals surface area contributed by atoms with Gasteiger partial charge in [0.1, 0.15) is 17.9 Å². The number of benzene rings is 2. The molecule has 0 aliphatic carbocycles. The lowest BCUT2D eigenvalue weighted by atomic mass is 10.0. The highest BCUT2D eigenvalue weighted by atomic mass is 16.6. The molecule has 0 aliphatic heterocycles. The Morgan fingerprint density at radius 2 is 2.00 bits per heavy atom. The second-order valence-corrected chi connectivity index (χ2v) is 6.18. The molecular formula is C21H17NO7. The van der Waals surface area contributed by atoms with Gasteiger partial charge in [-0.3, -0.25) is 10.1 Å². The van der Waals surface area contributed by atoms with Gasteiger partial charge in [-0.25, -0.2) is 9.59 Å². The van der Waals surface area contributed by atoms with Crippen LogP contribution in [-0.2, 0) is 22.6 Å². The number of carbonyl (C=O) groups is 1. The number of ether oxygens (including phenoxy) is 1. The number of phenolic OH excluding ortho intramolecular Hbond substituents is 1. The maximum Gasteiger partial charge on any atom is 0.336 e. The summed E-state index contributed by atoms with van der Waals surface area (Å²) < 4.78 is 10.3. The second-order valence-electron chi connectivity index (χ2n) is 6.18. The van der Waals surface area contributed by atoms with Gasteiger partial charge in [-0.05, 0) is 30.2 Å². The molecule has 3 rings (SSSR count). The van der Waals surface area contributed by atoms with Crippen LogP contribution >= 0.6 is 0 Å². The zero-order valence-corrected chi connectivity index (χ0v) is 15.5. The molecule has 0 aliphatic rings. The predicted molar refractivity (Wildman–Crippen MR) is 105 cm³/mol. The number of carbonyl (C=O) groups excluding carboxylic acids is 1. The molecule has 1 aromatic heterocycles. The molecular weight excluding hydrogens is 378 g/mol. The monoisotopic (exact) mass is 395 g/mol. The quantitative estimate of drug-likeness (QED) is 0.222. The lowest BCUT2D eigenvalue weighted by molar-refractivity contribution is -0.385. The fourth-order valence-corrected chi connectivity index (χ4v) is 2.86. The summed E-state index contributed by atoms with van der Waals surface area (Å²) in [6.45, 7) is 1.67. The third kappa shape index (κ3) is 4.49. The minimum absolute atomic E-state index is 0.0182. The van der Waals surface area contributed by atoms with E-state index in [1.807, 2.05) is 6.92 Å². The standard InChI is InChI=1S/C21H17NO7/c1-2-13-9-16-15(10-21(25)29-19(16)11-18(13)23)12-28-20(24)8-7-14-5-3-4-6-17(14)22(26)27/h3-11,23H,2,12H2,1H3. The van der Waals surface area contributed by atoms with Crippen molar-refractivity contribution in [2.75, 3.05) is 0 Å². The fraction of sp³-hybridized carbons (Fsp3) is 0.143. The Morgan fingerprint density at radius 1 is 1.24 bits per heavy atom. The first-order valence-electron chi connectivity index (χ1n) is 8.76. The van der Waals surface area contributed by atoms with E-state index in [1.165, 1.54) is 36.4 Å². The van der Waals surface area contributed by atoms with Crippen LogP contribution in [0.1, 0.15) is 23.6 Å². The first kappa shape index (κ1) is 19.8. The van der Waals surface area contributed by atoms with E-state index >= 15 is 0 Å². The molecule has 1 N–H and O–H groups in total. The number of fused-ring (bicyclic) bond motifs is 1. The summed E-state index contributed by atoms with van der Waals surface area (Å²) in [5.74, 6) is -0.705. The highest BCUT2D eigenvalue weighted by Gasteiger charge is 2.12. The summed E-state index contributed by atoms with van der Waals surface area (Å²) in [5, 5.41) is 21.5. The largest absolute Gasteiger partial charge is 0.508 e. The smallest absolute Gasteiger partial charge is 0.336 e. The number of nitrogens with zero attached hydrogens (tertiary/aromatic N) is 1. The van der Waals surface area contributed by atoms with Crippen LogP contribution in [0.3, 0.4) is 0 Å². The van der Waals surface area contributed by atoms with Gasteiger partial charge in [0, 0.05) is 35.2 Å². The fourth-order valence-electron chi connectivity index (χ4n) is 2.86. The van der Waals surface area contributed by atoms with Crippen molar-refractivity contribution in [2.45, 2.75) is 20.0 Å². The number of aromatic hydroxyl groups is 1. The number of nitro benzene ring substituents is 1. The molecule has 1 heterocycles.